The number of nitrogens with one attached hydrogen (secondary N) is 1. The summed E-state index contributed by atoms with van der Waals surface area (Å²) in [6.45, 7) is 16.0. The average molecular weight is 411 g/mol. The number of rotatable bonds is 11. The van der Waals surface area contributed by atoms with E-state index in [9.17, 15) is 4.79 Å². The Kier molecular flexibility index (Phi) is 8.99. The Balaban J connectivity index is 1.96. The highest BCUT2D eigenvalue weighted by atomic mass is 16.2. The van der Waals surface area contributed by atoms with E-state index in [1.807, 2.05) is 36.4 Å². The van der Waals surface area contributed by atoms with E-state index < -0.39 is 0 Å². The van der Waals surface area contributed by atoms with Gasteiger partial charge in [-0.3, -0.25) is 4.79 Å². The minimum atomic E-state index is 0.0446. The molecule has 0 aliphatic carbocycles. The summed E-state index contributed by atoms with van der Waals surface area (Å²) in [5, 5.41) is 11.6. The predicted molar refractivity (Wildman–Crippen MR) is 126 cm³/mol. The standard InChI is InChI=1S/C24H35N5O/c1-6-28(7-2)23-17-15-22(16-18-23)27-26-21-13-11-20(12-14-21)25-24(30)19-29(8-3,9-4)10-5/h11-18H,6-10,19H2,1-5H3/p+1. The van der Waals surface area contributed by atoms with Crippen LogP contribution in [0.2, 0.25) is 0 Å². The van der Waals surface area contributed by atoms with Crippen molar-refractivity contribution in [2.24, 2.45) is 10.2 Å². The fraction of sp³-hybridized carbons (Fsp3) is 0.458. The molecular weight excluding hydrogens is 374 g/mol. The number of carbonyl (C=O) groups excluding carboxylic acids is 1. The Morgan fingerprint density at radius 3 is 1.70 bits per heavy atom. The van der Waals surface area contributed by atoms with Crippen molar-refractivity contribution in [3.8, 4) is 0 Å². The van der Waals surface area contributed by atoms with E-state index in [-0.39, 0.29) is 5.91 Å². The molecule has 1 amide bonds. The van der Waals surface area contributed by atoms with Gasteiger partial charge >= 0.3 is 0 Å². The molecule has 0 aliphatic heterocycles. The van der Waals surface area contributed by atoms with Crippen LogP contribution in [0.15, 0.2) is 58.8 Å². The first-order valence-corrected chi connectivity index (χ1v) is 11.0. The number of carbonyl (C=O) groups is 1. The van der Waals surface area contributed by atoms with Crippen LogP contribution in [0.1, 0.15) is 34.6 Å². The highest BCUT2D eigenvalue weighted by Gasteiger charge is 2.24. The minimum Gasteiger partial charge on any atom is -0.372 e. The fourth-order valence-electron chi connectivity index (χ4n) is 3.56. The minimum absolute atomic E-state index is 0.0446. The van der Waals surface area contributed by atoms with Crippen LogP contribution in [-0.2, 0) is 4.79 Å². The summed E-state index contributed by atoms with van der Waals surface area (Å²) in [4.78, 5) is 14.7. The molecule has 0 fully saturated rings. The third kappa shape index (κ3) is 6.39. The quantitative estimate of drug-likeness (QED) is 0.378. The highest BCUT2D eigenvalue weighted by Crippen LogP contribution is 2.23. The third-order valence-electron chi connectivity index (χ3n) is 5.90. The van der Waals surface area contributed by atoms with Gasteiger partial charge in [0.1, 0.15) is 0 Å². The number of benzene rings is 2. The number of hydrogen-bond acceptors (Lipinski definition) is 4. The van der Waals surface area contributed by atoms with E-state index in [1.165, 1.54) is 5.69 Å². The van der Waals surface area contributed by atoms with E-state index in [1.54, 1.807) is 0 Å². The van der Waals surface area contributed by atoms with E-state index in [0.717, 1.165) is 54.3 Å². The SMILES string of the molecule is CCN(CC)c1ccc(/N=N/c2ccc(NC(=O)C[N+](CC)(CC)CC)cc2)cc1. The highest BCUT2D eigenvalue weighted by molar-refractivity contribution is 5.91. The molecular formula is C24H36N5O+. The zero-order valence-electron chi connectivity index (χ0n) is 19.1. The topological polar surface area (TPSA) is 57.1 Å². The molecule has 2 aromatic carbocycles. The maximum atomic E-state index is 12.4. The second kappa shape index (κ2) is 11.5. The van der Waals surface area contributed by atoms with Gasteiger partial charge in [-0.25, -0.2) is 0 Å². The van der Waals surface area contributed by atoms with Crippen molar-refractivity contribution >= 4 is 28.7 Å². The normalized spacial score (nSPS) is 11.6. The lowest BCUT2D eigenvalue weighted by molar-refractivity contribution is -0.915. The van der Waals surface area contributed by atoms with Gasteiger partial charge in [0.15, 0.2) is 6.54 Å². The smallest absolute Gasteiger partial charge is 0.279 e. The zero-order valence-corrected chi connectivity index (χ0v) is 19.1. The van der Waals surface area contributed by atoms with Gasteiger partial charge < -0.3 is 14.7 Å². The Morgan fingerprint density at radius 1 is 0.800 bits per heavy atom. The van der Waals surface area contributed by atoms with Crippen LogP contribution in [0, 0.1) is 0 Å². The van der Waals surface area contributed by atoms with E-state index in [4.69, 9.17) is 0 Å². The molecule has 162 valence electrons. The number of nitrogens with zero attached hydrogens (tertiary/aromatic N) is 4. The van der Waals surface area contributed by atoms with Crippen LogP contribution in [0.3, 0.4) is 0 Å². The van der Waals surface area contributed by atoms with Crippen molar-refractivity contribution < 1.29 is 9.28 Å². The molecule has 1 N–H and O–H groups in total. The summed E-state index contributed by atoms with van der Waals surface area (Å²) >= 11 is 0. The van der Waals surface area contributed by atoms with Gasteiger partial charge in [0.05, 0.1) is 31.0 Å². The van der Waals surface area contributed by atoms with E-state index in [2.05, 4.69) is 67.2 Å². The molecule has 0 atom stereocenters. The average Bonchev–Trinajstić information content (AvgIpc) is 2.79. The predicted octanol–water partition coefficient (Wildman–Crippen LogP) is 5.76. The van der Waals surface area contributed by atoms with Gasteiger partial charge in [-0.15, -0.1) is 0 Å². The van der Waals surface area contributed by atoms with Crippen molar-refractivity contribution in [2.45, 2.75) is 34.6 Å². The lowest BCUT2D eigenvalue weighted by Gasteiger charge is -2.34. The number of anilines is 2. The summed E-state index contributed by atoms with van der Waals surface area (Å²) in [6, 6.07) is 15.6. The van der Waals surface area contributed by atoms with Gasteiger partial charge in [-0.1, -0.05) is 0 Å². The van der Waals surface area contributed by atoms with Gasteiger partial charge in [0, 0.05) is 24.5 Å². The Bertz CT molecular complexity index is 798. The molecule has 0 heterocycles. The zero-order chi connectivity index (χ0) is 22.0. The van der Waals surface area contributed by atoms with Crippen LogP contribution in [-0.4, -0.2) is 49.7 Å². The first-order chi connectivity index (χ1) is 14.5. The molecule has 0 radical (unpaired) electrons. The Labute approximate surface area is 181 Å². The molecule has 30 heavy (non-hydrogen) atoms. The van der Waals surface area contributed by atoms with E-state index in [0.29, 0.717) is 6.54 Å². The number of hydrogen-bond donors (Lipinski definition) is 1. The lowest BCUT2D eigenvalue weighted by Crippen LogP contribution is -2.51. The van der Waals surface area contributed by atoms with Gasteiger partial charge in [-0.05, 0) is 83.1 Å². The number of azo groups is 1. The van der Waals surface area contributed by atoms with Crippen LogP contribution in [0.5, 0.6) is 0 Å². The van der Waals surface area contributed by atoms with E-state index >= 15 is 0 Å². The Morgan fingerprint density at radius 2 is 1.27 bits per heavy atom. The maximum Gasteiger partial charge on any atom is 0.279 e. The first-order valence-electron chi connectivity index (χ1n) is 11.0. The molecule has 0 aromatic heterocycles. The summed E-state index contributed by atoms with van der Waals surface area (Å²) in [6.07, 6.45) is 0. The summed E-state index contributed by atoms with van der Waals surface area (Å²) in [5.41, 5.74) is 3.54. The van der Waals surface area contributed by atoms with Crippen molar-refractivity contribution in [3.63, 3.8) is 0 Å². The van der Waals surface area contributed by atoms with Crippen LogP contribution < -0.4 is 10.2 Å². The molecule has 0 saturated carbocycles. The lowest BCUT2D eigenvalue weighted by atomic mass is 10.2. The molecule has 6 heteroatoms. The number of likely N-dealkylation sites (N-methyl/N-ethyl adjacent to an activating group) is 1. The molecule has 2 rings (SSSR count). The van der Waals surface area contributed by atoms with Crippen molar-refractivity contribution in [1.29, 1.82) is 0 Å². The third-order valence-corrected chi connectivity index (χ3v) is 5.90. The second-order valence-corrected chi connectivity index (χ2v) is 7.43. The first kappa shape index (κ1) is 23.5. The molecule has 6 nitrogen and oxygen atoms in total. The van der Waals surface area contributed by atoms with Crippen molar-refractivity contribution in [2.75, 3.05) is 49.5 Å². The van der Waals surface area contributed by atoms with Gasteiger partial charge in [-0.2, -0.15) is 10.2 Å². The van der Waals surface area contributed by atoms with Crippen LogP contribution in [0.4, 0.5) is 22.7 Å². The van der Waals surface area contributed by atoms with Crippen LogP contribution >= 0.6 is 0 Å². The number of amides is 1. The maximum absolute atomic E-state index is 12.4. The Hall–Kier alpha value is -2.73. The number of quaternary nitrogens is 1. The van der Waals surface area contributed by atoms with Gasteiger partial charge in [0.2, 0.25) is 0 Å². The molecule has 0 spiro atoms. The van der Waals surface area contributed by atoms with Crippen molar-refractivity contribution in [3.05, 3.63) is 48.5 Å². The largest absolute Gasteiger partial charge is 0.372 e. The molecule has 2 aromatic rings. The second-order valence-electron chi connectivity index (χ2n) is 7.43. The monoisotopic (exact) mass is 410 g/mol. The molecule has 0 bridgehead atoms. The fourth-order valence-corrected chi connectivity index (χ4v) is 3.56. The van der Waals surface area contributed by atoms with Crippen molar-refractivity contribution in [1.82, 2.24) is 0 Å². The van der Waals surface area contributed by atoms with Gasteiger partial charge in [0.25, 0.3) is 5.91 Å². The summed E-state index contributed by atoms with van der Waals surface area (Å²) in [7, 11) is 0. The summed E-state index contributed by atoms with van der Waals surface area (Å²) < 4.78 is 0.797. The summed E-state index contributed by atoms with van der Waals surface area (Å²) in [5.74, 6) is 0.0446. The molecule has 0 aliphatic rings. The molecule has 0 unspecified atom stereocenters. The molecule has 0 saturated heterocycles. The van der Waals surface area contributed by atoms with Crippen LogP contribution in [0.25, 0.3) is 0 Å².